The summed E-state index contributed by atoms with van der Waals surface area (Å²) in [6, 6.07) is 15.7. The van der Waals surface area contributed by atoms with E-state index in [4.69, 9.17) is 0 Å². The number of para-hydroxylation sites is 1. The molecule has 6 heteroatoms. The molecule has 0 bridgehead atoms. The van der Waals surface area contributed by atoms with Gasteiger partial charge >= 0.3 is 0 Å². The third-order valence-corrected chi connectivity index (χ3v) is 4.88. The largest absolute Gasteiger partial charge is 0.378 e. The Balaban J connectivity index is 1.51. The molecule has 0 unspecified atom stereocenters. The first-order valence-electron chi connectivity index (χ1n) is 8.72. The molecule has 0 fully saturated rings. The summed E-state index contributed by atoms with van der Waals surface area (Å²) in [5.41, 5.74) is 3.82. The van der Waals surface area contributed by atoms with Gasteiger partial charge < -0.3 is 14.8 Å². The number of aromatic nitrogens is 3. The van der Waals surface area contributed by atoms with Crippen LogP contribution in [0.5, 0.6) is 0 Å². The zero-order chi connectivity index (χ0) is 18.1. The average molecular weight is 347 g/mol. The van der Waals surface area contributed by atoms with Gasteiger partial charge in [-0.05, 0) is 43.2 Å². The number of nitrogens with one attached hydrogen (secondary N) is 1. The van der Waals surface area contributed by atoms with Crippen LogP contribution >= 0.6 is 0 Å². The number of carbonyl (C=O) groups is 1. The van der Waals surface area contributed by atoms with Crippen LogP contribution in [0, 0.1) is 6.92 Å². The number of anilines is 2. The maximum atomic E-state index is 13.0. The second-order valence-electron chi connectivity index (χ2n) is 6.49. The van der Waals surface area contributed by atoms with Gasteiger partial charge in [0.2, 0.25) is 0 Å². The van der Waals surface area contributed by atoms with Crippen molar-refractivity contribution in [3.63, 3.8) is 0 Å². The van der Waals surface area contributed by atoms with Crippen molar-refractivity contribution < 1.29 is 4.79 Å². The number of nitrogens with zero attached hydrogens (tertiary/aromatic N) is 4. The van der Waals surface area contributed by atoms with E-state index >= 15 is 0 Å². The molecule has 1 aliphatic heterocycles. The van der Waals surface area contributed by atoms with Crippen LogP contribution in [0.4, 0.5) is 11.4 Å². The molecule has 0 saturated carbocycles. The second kappa shape index (κ2) is 6.63. The fraction of sp³-hybridized carbons (Fsp3) is 0.250. The van der Waals surface area contributed by atoms with Gasteiger partial charge in [0, 0.05) is 30.5 Å². The lowest BCUT2D eigenvalue weighted by molar-refractivity contribution is 0.0989. The summed E-state index contributed by atoms with van der Waals surface area (Å²) < 4.78 is 1.95. The van der Waals surface area contributed by atoms with Crippen LogP contribution in [0.2, 0.25) is 0 Å². The Bertz CT molecular complexity index is 962. The van der Waals surface area contributed by atoms with Crippen molar-refractivity contribution >= 4 is 17.3 Å². The molecule has 1 aliphatic rings. The smallest absolute Gasteiger partial charge is 0.258 e. The van der Waals surface area contributed by atoms with Crippen molar-refractivity contribution in [1.82, 2.24) is 14.8 Å². The minimum absolute atomic E-state index is 0.0353. The molecule has 0 radical (unpaired) electrons. The van der Waals surface area contributed by atoms with E-state index in [-0.39, 0.29) is 5.91 Å². The van der Waals surface area contributed by atoms with Gasteiger partial charge in [0.15, 0.2) is 5.82 Å². The van der Waals surface area contributed by atoms with Crippen molar-refractivity contribution in [1.29, 1.82) is 0 Å². The van der Waals surface area contributed by atoms with Crippen molar-refractivity contribution in [2.45, 2.75) is 19.9 Å². The summed E-state index contributed by atoms with van der Waals surface area (Å²) in [6.07, 6.45) is 0.908. The normalized spacial score (nSPS) is 12.9. The first kappa shape index (κ1) is 16.3. The van der Waals surface area contributed by atoms with E-state index in [0.717, 1.165) is 36.0 Å². The second-order valence-corrected chi connectivity index (χ2v) is 6.49. The zero-order valence-corrected chi connectivity index (χ0v) is 14.9. The van der Waals surface area contributed by atoms with Crippen molar-refractivity contribution in [2.75, 3.05) is 16.8 Å². The molecule has 2 heterocycles. The highest BCUT2D eigenvalue weighted by atomic mass is 16.2. The Morgan fingerprint density at radius 2 is 2.00 bits per heavy atom. The fourth-order valence-corrected chi connectivity index (χ4v) is 3.25. The molecular formula is C20H21N5O. The van der Waals surface area contributed by atoms with Crippen molar-refractivity contribution in [2.24, 2.45) is 7.05 Å². The van der Waals surface area contributed by atoms with Crippen molar-refractivity contribution in [3.8, 4) is 0 Å². The lowest BCUT2D eigenvalue weighted by atomic mass is 10.1. The van der Waals surface area contributed by atoms with Gasteiger partial charge in [0.1, 0.15) is 5.82 Å². The predicted octanol–water partition coefficient (Wildman–Crippen LogP) is 2.94. The molecule has 0 atom stereocenters. The fourth-order valence-electron chi connectivity index (χ4n) is 3.25. The van der Waals surface area contributed by atoms with E-state index in [1.54, 1.807) is 0 Å². The predicted molar refractivity (Wildman–Crippen MR) is 101 cm³/mol. The van der Waals surface area contributed by atoms with Gasteiger partial charge in [0.05, 0.1) is 6.54 Å². The number of rotatable bonds is 4. The lowest BCUT2D eigenvalue weighted by Gasteiger charge is -2.18. The summed E-state index contributed by atoms with van der Waals surface area (Å²) in [7, 11) is 1.94. The number of benzene rings is 2. The van der Waals surface area contributed by atoms with E-state index in [0.29, 0.717) is 12.1 Å². The van der Waals surface area contributed by atoms with Crippen molar-refractivity contribution in [3.05, 3.63) is 71.3 Å². The quantitative estimate of drug-likeness (QED) is 0.788. The minimum Gasteiger partial charge on any atom is -0.378 e. The number of fused-ring (bicyclic) bond motifs is 1. The summed E-state index contributed by atoms with van der Waals surface area (Å²) in [5.74, 6) is 1.76. The van der Waals surface area contributed by atoms with Gasteiger partial charge in [-0.2, -0.15) is 0 Å². The molecule has 26 heavy (non-hydrogen) atoms. The zero-order valence-electron chi connectivity index (χ0n) is 14.9. The van der Waals surface area contributed by atoms with Gasteiger partial charge in [-0.1, -0.05) is 24.3 Å². The monoisotopic (exact) mass is 347 g/mol. The van der Waals surface area contributed by atoms with Crippen LogP contribution < -0.4 is 10.2 Å². The van der Waals surface area contributed by atoms with Crippen LogP contribution in [-0.2, 0) is 20.0 Å². The molecule has 1 N–H and O–H groups in total. The Morgan fingerprint density at radius 1 is 1.15 bits per heavy atom. The lowest BCUT2D eigenvalue weighted by Crippen LogP contribution is -2.28. The van der Waals surface area contributed by atoms with Crippen LogP contribution in [0.25, 0.3) is 0 Å². The highest BCUT2D eigenvalue weighted by Gasteiger charge is 2.25. The molecule has 0 saturated heterocycles. The van der Waals surface area contributed by atoms with E-state index < -0.39 is 0 Å². The Kier molecular flexibility index (Phi) is 4.16. The van der Waals surface area contributed by atoms with Gasteiger partial charge in [-0.25, -0.2) is 0 Å². The molecule has 2 aromatic carbocycles. The number of hydrogen-bond donors (Lipinski definition) is 1. The summed E-state index contributed by atoms with van der Waals surface area (Å²) >= 11 is 0. The first-order chi connectivity index (χ1) is 12.6. The van der Waals surface area contributed by atoms with E-state index in [1.807, 2.05) is 65.9 Å². The highest BCUT2D eigenvalue weighted by Crippen LogP contribution is 2.29. The Labute approximate surface area is 152 Å². The molecule has 0 spiro atoms. The standard InChI is InChI=1S/C20H21N5O/c1-14-22-23-19(24(14)2)13-21-17-8-5-7-16(12-17)20(26)25-11-10-15-6-3-4-9-18(15)25/h3-9,12,21H,10-11,13H2,1-2H3. The minimum atomic E-state index is 0.0353. The molecule has 6 nitrogen and oxygen atoms in total. The highest BCUT2D eigenvalue weighted by molar-refractivity contribution is 6.07. The molecule has 0 aliphatic carbocycles. The third kappa shape index (κ3) is 2.94. The summed E-state index contributed by atoms with van der Waals surface area (Å²) in [4.78, 5) is 14.8. The number of aryl methyl sites for hydroxylation is 1. The van der Waals surface area contributed by atoms with E-state index in [2.05, 4.69) is 21.6 Å². The SMILES string of the molecule is Cc1nnc(CNc2cccc(C(=O)N3CCc4ccccc43)c2)n1C. The maximum Gasteiger partial charge on any atom is 0.258 e. The molecule has 4 rings (SSSR count). The molecule has 1 amide bonds. The number of hydrogen-bond acceptors (Lipinski definition) is 4. The maximum absolute atomic E-state index is 13.0. The molecular weight excluding hydrogens is 326 g/mol. The summed E-state index contributed by atoms with van der Waals surface area (Å²) in [6.45, 7) is 3.21. The number of amides is 1. The molecule has 3 aromatic rings. The van der Waals surface area contributed by atoms with Crippen LogP contribution in [0.1, 0.15) is 27.6 Å². The van der Waals surface area contributed by atoms with Crippen LogP contribution in [0.15, 0.2) is 48.5 Å². The molecule has 1 aromatic heterocycles. The van der Waals surface area contributed by atoms with E-state index in [9.17, 15) is 4.79 Å². The Morgan fingerprint density at radius 3 is 2.81 bits per heavy atom. The Hall–Kier alpha value is -3.15. The van der Waals surface area contributed by atoms with Gasteiger partial charge in [-0.15, -0.1) is 10.2 Å². The third-order valence-electron chi connectivity index (χ3n) is 4.88. The van der Waals surface area contributed by atoms with Crippen LogP contribution in [-0.4, -0.2) is 27.2 Å². The first-order valence-corrected chi connectivity index (χ1v) is 8.72. The molecule has 132 valence electrons. The van der Waals surface area contributed by atoms with Crippen LogP contribution in [0.3, 0.4) is 0 Å². The van der Waals surface area contributed by atoms with E-state index in [1.165, 1.54) is 5.56 Å². The topological polar surface area (TPSA) is 63.1 Å². The number of carbonyl (C=O) groups excluding carboxylic acids is 1. The summed E-state index contributed by atoms with van der Waals surface area (Å²) in [5, 5.41) is 11.5. The van der Waals surface area contributed by atoms with Gasteiger partial charge in [-0.3, -0.25) is 4.79 Å². The average Bonchev–Trinajstić information content (AvgIpc) is 3.24. The van der Waals surface area contributed by atoms with Gasteiger partial charge in [0.25, 0.3) is 5.91 Å².